The maximum Gasteiger partial charge on any atom is 0.321 e. The second kappa shape index (κ2) is 6.49. The number of anilines is 1. The first-order chi connectivity index (χ1) is 9.60. The third-order valence-corrected chi connectivity index (χ3v) is 3.73. The van der Waals surface area contributed by atoms with Gasteiger partial charge in [-0.1, -0.05) is 35.6 Å². The Labute approximate surface area is 121 Å². The van der Waals surface area contributed by atoms with E-state index in [4.69, 9.17) is 5.11 Å². The van der Waals surface area contributed by atoms with E-state index < -0.39 is 0 Å². The molecule has 0 saturated carbocycles. The van der Waals surface area contributed by atoms with Gasteiger partial charge in [-0.25, -0.2) is 9.78 Å². The molecule has 0 saturated heterocycles. The number of benzene rings is 1. The number of carbonyl (C=O) groups excluding carboxylic acids is 1. The number of aryl methyl sites for hydroxylation is 1. The molecule has 1 atom stereocenters. The maximum atomic E-state index is 11.6. The summed E-state index contributed by atoms with van der Waals surface area (Å²) in [5, 5.41) is 14.7. The number of nitrogens with zero attached hydrogens (tertiary/aromatic N) is 1. The highest BCUT2D eigenvalue weighted by atomic mass is 32.1. The number of aliphatic hydroxyl groups is 1. The molecule has 1 unspecified atom stereocenters. The number of thiazole rings is 1. The van der Waals surface area contributed by atoms with E-state index in [1.54, 1.807) is 13.1 Å². The topological polar surface area (TPSA) is 74.2 Å². The number of hydrogen-bond acceptors (Lipinski definition) is 4. The fraction of sp³-hybridized carbons (Fsp3) is 0.286. The second-order valence-electron chi connectivity index (χ2n) is 4.53. The highest BCUT2D eigenvalue weighted by molar-refractivity contribution is 7.19. The Hall–Kier alpha value is -1.92. The Bertz CT molecular complexity index is 598. The van der Waals surface area contributed by atoms with Crippen molar-refractivity contribution in [3.05, 3.63) is 36.0 Å². The summed E-state index contributed by atoms with van der Waals surface area (Å²) < 4.78 is 0. The maximum absolute atomic E-state index is 11.6. The lowest BCUT2D eigenvalue weighted by Crippen LogP contribution is -2.38. The van der Waals surface area contributed by atoms with E-state index in [0.717, 1.165) is 10.4 Å². The number of rotatable bonds is 4. The molecule has 106 valence electrons. The van der Waals surface area contributed by atoms with Crippen molar-refractivity contribution in [2.45, 2.75) is 19.9 Å². The van der Waals surface area contributed by atoms with Crippen LogP contribution in [-0.2, 0) is 0 Å². The van der Waals surface area contributed by atoms with Crippen LogP contribution in [0.15, 0.2) is 30.5 Å². The first kappa shape index (κ1) is 14.5. The van der Waals surface area contributed by atoms with Gasteiger partial charge in [-0.15, -0.1) is 0 Å². The summed E-state index contributed by atoms with van der Waals surface area (Å²) in [7, 11) is 0. The van der Waals surface area contributed by atoms with Gasteiger partial charge < -0.3 is 10.4 Å². The van der Waals surface area contributed by atoms with Crippen LogP contribution < -0.4 is 10.6 Å². The Balaban J connectivity index is 2.06. The van der Waals surface area contributed by atoms with E-state index >= 15 is 0 Å². The molecule has 1 heterocycles. The van der Waals surface area contributed by atoms with Crippen LogP contribution in [0.4, 0.5) is 9.93 Å². The summed E-state index contributed by atoms with van der Waals surface area (Å²) in [5.74, 6) is 0. The summed E-state index contributed by atoms with van der Waals surface area (Å²) >= 11 is 1.42. The molecule has 3 N–H and O–H groups in total. The molecule has 6 heteroatoms. The third-order valence-electron chi connectivity index (χ3n) is 2.79. The smallest absolute Gasteiger partial charge is 0.321 e. The van der Waals surface area contributed by atoms with Gasteiger partial charge in [0.15, 0.2) is 5.13 Å². The van der Waals surface area contributed by atoms with Gasteiger partial charge in [0.25, 0.3) is 0 Å². The van der Waals surface area contributed by atoms with Gasteiger partial charge in [0.1, 0.15) is 0 Å². The van der Waals surface area contributed by atoms with Crippen molar-refractivity contribution in [1.29, 1.82) is 0 Å². The molecule has 0 aliphatic heterocycles. The molecule has 5 nitrogen and oxygen atoms in total. The van der Waals surface area contributed by atoms with Crippen molar-refractivity contribution >= 4 is 22.5 Å². The Kier molecular flexibility index (Phi) is 4.70. The summed E-state index contributed by atoms with van der Waals surface area (Å²) in [6, 6.07) is 7.38. The van der Waals surface area contributed by atoms with Crippen LogP contribution in [0, 0.1) is 6.92 Å². The lowest BCUT2D eigenvalue weighted by atomic mass is 10.1. The van der Waals surface area contributed by atoms with Crippen LogP contribution in [-0.4, -0.2) is 28.8 Å². The van der Waals surface area contributed by atoms with Gasteiger partial charge in [0.05, 0.1) is 17.5 Å². The molecule has 0 aliphatic rings. The second-order valence-corrected chi connectivity index (χ2v) is 5.56. The molecular weight excluding hydrogens is 274 g/mol. The molecule has 0 spiro atoms. The van der Waals surface area contributed by atoms with Gasteiger partial charge in [-0.05, 0) is 25.0 Å². The molecule has 0 radical (unpaired) electrons. The molecular formula is C14H17N3O2S. The van der Waals surface area contributed by atoms with Gasteiger partial charge in [0.2, 0.25) is 0 Å². The highest BCUT2D eigenvalue weighted by Crippen LogP contribution is 2.30. The largest absolute Gasteiger partial charge is 0.394 e. The molecule has 1 aromatic heterocycles. The quantitative estimate of drug-likeness (QED) is 0.810. The van der Waals surface area contributed by atoms with E-state index in [1.807, 2.05) is 31.2 Å². The Morgan fingerprint density at radius 3 is 2.90 bits per heavy atom. The average Bonchev–Trinajstić information content (AvgIpc) is 2.87. The van der Waals surface area contributed by atoms with Crippen LogP contribution in [0.25, 0.3) is 10.4 Å². The molecule has 2 aromatic rings. The minimum Gasteiger partial charge on any atom is -0.394 e. The first-order valence-electron chi connectivity index (χ1n) is 6.30. The third kappa shape index (κ3) is 3.55. The summed E-state index contributed by atoms with van der Waals surface area (Å²) in [6.45, 7) is 3.66. The lowest BCUT2D eigenvalue weighted by molar-refractivity contribution is 0.229. The van der Waals surface area contributed by atoms with Crippen LogP contribution in [0.3, 0.4) is 0 Å². The molecule has 0 bridgehead atoms. The molecule has 2 rings (SSSR count). The fourth-order valence-corrected chi connectivity index (χ4v) is 2.61. The number of aromatic nitrogens is 1. The minimum absolute atomic E-state index is 0.0975. The van der Waals surface area contributed by atoms with Crippen molar-refractivity contribution in [1.82, 2.24) is 10.3 Å². The summed E-state index contributed by atoms with van der Waals surface area (Å²) in [4.78, 5) is 16.8. The van der Waals surface area contributed by atoms with Crippen molar-refractivity contribution in [3.8, 4) is 10.4 Å². The zero-order chi connectivity index (χ0) is 14.5. The summed E-state index contributed by atoms with van der Waals surface area (Å²) in [6.07, 6.45) is 1.75. The molecule has 2 amide bonds. The number of nitrogens with one attached hydrogen (secondary N) is 2. The Morgan fingerprint density at radius 2 is 2.20 bits per heavy atom. The number of carbonyl (C=O) groups is 1. The number of aliphatic hydroxyl groups excluding tert-OH is 1. The SMILES string of the molecule is Cc1ccccc1-c1cnc(NC(=O)NC(C)CO)s1. The van der Waals surface area contributed by atoms with Crippen LogP contribution >= 0.6 is 11.3 Å². The van der Waals surface area contributed by atoms with Crippen LogP contribution in [0.5, 0.6) is 0 Å². The molecule has 0 fully saturated rings. The number of amides is 2. The fourth-order valence-electron chi connectivity index (χ4n) is 1.71. The standard InChI is InChI=1S/C14H17N3O2S/c1-9-5-3-4-6-11(9)12-7-15-14(20-12)17-13(19)16-10(2)8-18/h3-7,10,18H,8H2,1-2H3,(H2,15,16,17,19). The van der Waals surface area contributed by atoms with E-state index in [0.29, 0.717) is 5.13 Å². The zero-order valence-corrected chi connectivity index (χ0v) is 12.2. The van der Waals surface area contributed by atoms with Crippen LogP contribution in [0.2, 0.25) is 0 Å². The Morgan fingerprint density at radius 1 is 1.45 bits per heavy atom. The van der Waals surface area contributed by atoms with Gasteiger partial charge in [-0.3, -0.25) is 5.32 Å². The van der Waals surface area contributed by atoms with Crippen molar-refractivity contribution in [2.24, 2.45) is 0 Å². The first-order valence-corrected chi connectivity index (χ1v) is 7.12. The average molecular weight is 291 g/mol. The van der Waals surface area contributed by atoms with Crippen molar-refractivity contribution in [3.63, 3.8) is 0 Å². The van der Waals surface area contributed by atoms with Gasteiger partial charge in [-0.2, -0.15) is 0 Å². The van der Waals surface area contributed by atoms with Gasteiger partial charge >= 0.3 is 6.03 Å². The lowest BCUT2D eigenvalue weighted by Gasteiger charge is -2.10. The normalized spacial score (nSPS) is 11.9. The highest BCUT2D eigenvalue weighted by Gasteiger charge is 2.10. The van der Waals surface area contributed by atoms with E-state index in [9.17, 15) is 4.79 Å². The molecule has 0 aliphatic carbocycles. The monoisotopic (exact) mass is 291 g/mol. The van der Waals surface area contributed by atoms with Gasteiger partial charge in [0, 0.05) is 6.20 Å². The van der Waals surface area contributed by atoms with E-state index in [-0.39, 0.29) is 18.7 Å². The molecule has 20 heavy (non-hydrogen) atoms. The summed E-state index contributed by atoms with van der Waals surface area (Å²) in [5.41, 5.74) is 2.28. The number of hydrogen-bond donors (Lipinski definition) is 3. The zero-order valence-electron chi connectivity index (χ0n) is 11.4. The van der Waals surface area contributed by atoms with E-state index in [2.05, 4.69) is 15.6 Å². The predicted octanol–water partition coefficient (Wildman–Crippen LogP) is 2.62. The minimum atomic E-state index is -0.364. The van der Waals surface area contributed by atoms with Crippen molar-refractivity contribution in [2.75, 3.05) is 11.9 Å². The van der Waals surface area contributed by atoms with Crippen molar-refractivity contribution < 1.29 is 9.90 Å². The molecule has 1 aromatic carbocycles. The van der Waals surface area contributed by atoms with Crippen LogP contribution in [0.1, 0.15) is 12.5 Å². The predicted molar refractivity (Wildman–Crippen MR) is 81.0 cm³/mol. The van der Waals surface area contributed by atoms with E-state index in [1.165, 1.54) is 16.9 Å². The number of urea groups is 1.